The van der Waals surface area contributed by atoms with Crippen molar-refractivity contribution in [1.29, 1.82) is 0 Å². The summed E-state index contributed by atoms with van der Waals surface area (Å²) in [5.41, 5.74) is 1.20. The van der Waals surface area contributed by atoms with Gasteiger partial charge in [-0.05, 0) is 31.7 Å². The van der Waals surface area contributed by atoms with Crippen LogP contribution < -0.4 is 10.1 Å². The molecule has 1 heterocycles. The molecule has 0 aliphatic carbocycles. The van der Waals surface area contributed by atoms with E-state index >= 15 is 0 Å². The van der Waals surface area contributed by atoms with Gasteiger partial charge < -0.3 is 10.1 Å². The lowest BCUT2D eigenvalue weighted by atomic mass is 10.0. The van der Waals surface area contributed by atoms with E-state index in [1.807, 2.05) is 37.4 Å². The molecule has 2 nitrogen and oxygen atoms in total. The summed E-state index contributed by atoms with van der Waals surface area (Å²) in [5, 5.41) is 3.31. The van der Waals surface area contributed by atoms with Gasteiger partial charge in [0.2, 0.25) is 0 Å². The Balaban J connectivity index is 2.11. The molecule has 0 fully saturated rings. The van der Waals surface area contributed by atoms with Crippen LogP contribution in [0.25, 0.3) is 0 Å². The van der Waals surface area contributed by atoms with Crippen molar-refractivity contribution >= 4 is 22.9 Å². The van der Waals surface area contributed by atoms with Crippen LogP contribution in [0.2, 0.25) is 4.34 Å². The van der Waals surface area contributed by atoms with Crippen molar-refractivity contribution < 1.29 is 4.74 Å². The van der Waals surface area contributed by atoms with Gasteiger partial charge in [-0.25, -0.2) is 0 Å². The molecule has 1 N–H and O–H groups in total. The van der Waals surface area contributed by atoms with Crippen LogP contribution in [0, 0.1) is 0 Å². The highest BCUT2D eigenvalue weighted by molar-refractivity contribution is 7.16. The Hall–Kier alpha value is -1.03. The van der Waals surface area contributed by atoms with E-state index in [0.29, 0.717) is 12.6 Å². The third-order valence-electron chi connectivity index (χ3n) is 3.05. The number of nitrogens with one attached hydrogen (secondary N) is 1. The maximum atomic E-state index is 5.93. The zero-order chi connectivity index (χ0) is 13.7. The van der Waals surface area contributed by atoms with Gasteiger partial charge in [0.1, 0.15) is 12.4 Å². The standard InChI is InChI=1S/C15H18ClNOS/c1-3-13(17-2)12-6-4-5-7-14(12)18-10-11-8-9-15(16)19-11/h4-9,13,17H,3,10H2,1-2H3. The van der Waals surface area contributed by atoms with Crippen LogP contribution in [0.3, 0.4) is 0 Å². The molecule has 2 aromatic rings. The van der Waals surface area contributed by atoms with E-state index < -0.39 is 0 Å². The Morgan fingerprint density at radius 1 is 1.26 bits per heavy atom. The Kier molecular flexibility index (Phi) is 5.25. The van der Waals surface area contributed by atoms with Gasteiger partial charge in [0.05, 0.1) is 4.34 Å². The number of rotatable bonds is 6. The molecule has 0 aliphatic rings. The van der Waals surface area contributed by atoms with Crippen LogP contribution >= 0.6 is 22.9 Å². The molecule has 0 radical (unpaired) electrons. The Bertz CT molecular complexity index is 522. The fourth-order valence-corrected chi connectivity index (χ4v) is 3.06. The highest BCUT2D eigenvalue weighted by Crippen LogP contribution is 2.29. The van der Waals surface area contributed by atoms with Crippen LogP contribution in [0.1, 0.15) is 29.8 Å². The maximum Gasteiger partial charge on any atom is 0.124 e. The third kappa shape index (κ3) is 3.72. The van der Waals surface area contributed by atoms with Crippen LogP contribution in [-0.2, 0) is 6.61 Å². The molecular formula is C15H18ClNOS. The second-order valence-corrected chi connectivity index (χ2v) is 6.08. The van der Waals surface area contributed by atoms with Crippen LogP contribution in [0.4, 0.5) is 0 Å². The first kappa shape index (κ1) is 14.4. The molecule has 4 heteroatoms. The summed E-state index contributed by atoms with van der Waals surface area (Å²) < 4.78 is 6.73. The molecule has 1 atom stereocenters. The van der Waals surface area contributed by atoms with Crippen molar-refractivity contribution in [3.8, 4) is 5.75 Å². The summed E-state index contributed by atoms with van der Waals surface area (Å²) in [6.45, 7) is 2.73. The van der Waals surface area contributed by atoms with Gasteiger partial charge in [-0.15, -0.1) is 11.3 Å². The second kappa shape index (κ2) is 6.94. The lowest BCUT2D eigenvalue weighted by Gasteiger charge is -2.18. The fraction of sp³-hybridized carbons (Fsp3) is 0.333. The van der Waals surface area contributed by atoms with Crippen LogP contribution in [0.15, 0.2) is 36.4 Å². The molecule has 0 bridgehead atoms. The van der Waals surface area contributed by atoms with E-state index in [1.54, 1.807) is 11.3 Å². The zero-order valence-electron chi connectivity index (χ0n) is 11.2. The van der Waals surface area contributed by atoms with Crippen molar-refractivity contribution in [2.24, 2.45) is 0 Å². The number of ether oxygens (including phenoxy) is 1. The molecule has 1 unspecified atom stereocenters. The first-order valence-electron chi connectivity index (χ1n) is 6.37. The van der Waals surface area contributed by atoms with E-state index in [9.17, 15) is 0 Å². The van der Waals surface area contributed by atoms with Gasteiger partial charge in [-0.1, -0.05) is 36.7 Å². The Morgan fingerprint density at radius 3 is 2.68 bits per heavy atom. The lowest BCUT2D eigenvalue weighted by Crippen LogP contribution is -2.16. The number of thiophene rings is 1. The largest absolute Gasteiger partial charge is 0.488 e. The van der Waals surface area contributed by atoms with Gasteiger partial charge >= 0.3 is 0 Å². The Morgan fingerprint density at radius 2 is 2.05 bits per heavy atom. The normalized spacial score (nSPS) is 12.4. The van der Waals surface area contributed by atoms with E-state index in [-0.39, 0.29) is 0 Å². The minimum absolute atomic E-state index is 0.322. The number of benzene rings is 1. The maximum absolute atomic E-state index is 5.93. The molecule has 0 aliphatic heterocycles. The molecule has 19 heavy (non-hydrogen) atoms. The quantitative estimate of drug-likeness (QED) is 0.837. The Labute approximate surface area is 123 Å². The molecule has 0 saturated heterocycles. The van der Waals surface area contributed by atoms with Crippen molar-refractivity contribution in [3.05, 3.63) is 51.2 Å². The first-order valence-corrected chi connectivity index (χ1v) is 7.57. The first-order chi connectivity index (χ1) is 9.24. The minimum atomic E-state index is 0.322. The third-order valence-corrected chi connectivity index (χ3v) is 4.25. The van der Waals surface area contributed by atoms with Crippen LogP contribution in [-0.4, -0.2) is 7.05 Å². The van der Waals surface area contributed by atoms with E-state index in [1.165, 1.54) is 5.56 Å². The summed E-state index contributed by atoms with van der Waals surface area (Å²) >= 11 is 7.48. The molecule has 1 aromatic carbocycles. The number of hydrogen-bond donors (Lipinski definition) is 1. The number of para-hydroxylation sites is 1. The van der Waals surface area contributed by atoms with Gasteiger partial charge in [0, 0.05) is 16.5 Å². The summed E-state index contributed by atoms with van der Waals surface area (Å²) in [5.74, 6) is 0.938. The smallest absolute Gasteiger partial charge is 0.124 e. The van der Waals surface area contributed by atoms with Gasteiger partial charge in [-0.2, -0.15) is 0 Å². The summed E-state index contributed by atoms with van der Waals surface area (Å²) in [7, 11) is 1.98. The molecule has 0 amide bonds. The number of hydrogen-bond acceptors (Lipinski definition) is 3. The predicted octanol–water partition coefficient (Wildman–Crippen LogP) is 4.65. The fourth-order valence-electron chi connectivity index (χ4n) is 2.06. The van der Waals surface area contributed by atoms with Crippen molar-refractivity contribution in [3.63, 3.8) is 0 Å². The minimum Gasteiger partial charge on any atom is -0.488 e. The summed E-state index contributed by atoms with van der Waals surface area (Å²) in [4.78, 5) is 1.14. The van der Waals surface area contributed by atoms with Crippen molar-refractivity contribution in [2.45, 2.75) is 26.0 Å². The SMILES string of the molecule is CCC(NC)c1ccccc1OCc1ccc(Cl)s1. The summed E-state index contributed by atoms with van der Waals surface area (Å²) in [6.07, 6.45) is 1.03. The van der Waals surface area contributed by atoms with Crippen LogP contribution in [0.5, 0.6) is 5.75 Å². The average Bonchev–Trinajstić information content (AvgIpc) is 2.85. The van der Waals surface area contributed by atoms with Crippen molar-refractivity contribution in [1.82, 2.24) is 5.32 Å². The molecule has 2 rings (SSSR count). The predicted molar refractivity (Wildman–Crippen MR) is 82.2 cm³/mol. The highest BCUT2D eigenvalue weighted by atomic mass is 35.5. The lowest BCUT2D eigenvalue weighted by molar-refractivity contribution is 0.302. The molecular weight excluding hydrogens is 278 g/mol. The molecule has 0 spiro atoms. The van der Waals surface area contributed by atoms with Gasteiger partial charge in [0.25, 0.3) is 0 Å². The van der Waals surface area contributed by atoms with E-state index in [4.69, 9.17) is 16.3 Å². The number of halogens is 1. The van der Waals surface area contributed by atoms with Gasteiger partial charge in [-0.3, -0.25) is 0 Å². The molecule has 0 saturated carbocycles. The zero-order valence-corrected chi connectivity index (χ0v) is 12.7. The van der Waals surface area contributed by atoms with E-state index in [0.717, 1.165) is 21.4 Å². The topological polar surface area (TPSA) is 21.3 Å². The molecule has 102 valence electrons. The summed E-state index contributed by atoms with van der Waals surface area (Å²) in [6, 6.07) is 12.4. The van der Waals surface area contributed by atoms with Gasteiger partial charge in [0.15, 0.2) is 0 Å². The van der Waals surface area contributed by atoms with E-state index in [2.05, 4.69) is 18.3 Å². The molecule has 1 aromatic heterocycles. The van der Waals surface area contributed by atoms with Crippen molar-refractivity contribution in [2.75, 3.05) is 7.05 Å². The highest BCUT2D eigenvalue weighted by Gasteiger charge is 2.12. The monoisotopic (exact) mass is 295 g/mol. The average molecular weight is 296 g/mol. The second-order valence-electron chi connectivity index (χ2n) is 4.28.